The lowest BCUT2D eigenvalue weighted by Gasteiger charge is -2.23. The second kappa shape index (κ2) is 10.5. The lowest BCUT2D eigenvalue weighted by atomic mass is 10.3. The minimum Gasteiger partial charge on any atom is -0.338 e. The second-order valence-electron chi connectivity index (χ2n) is 6.33. The number of hydrogen-bond acceptors (Lipinski definition) is 3. The first-order valence-electron chi connectivity index (χ1n) is 9.39. The highest BCUT2D eigenvalue weighted by molar-refractivity contribution is 7.93. The highest BCUT2D eigenvalue weighted by atomic mass is 35.5. The highest BCUT2D eigenvalue weighted by Gasteiger charge is 2.26. The van der Waals surface area contributed by atoms with E-state index in [1.807, 2.05) is 11.4 Å². The summed E-state index contributed by atoms with van der Waals surface area (Å²) in [5.41, 5.74) is 0.960. The van der Waals surface area contributed by atoms with Crippen LogP contribution in [0.3, 0.4) is 0 Å². The number of rotatable bonds is 10. The number of hydrogen-bond donors (Lipinski definition) is 2. The predicted molar refractivity (Wildman–Crippen MR) is 113 cm³/mol. The molecule has 0 radical (unpaired) electrons. The van der Waals surface area contributed by atoms with Gasteiger partial charge in [-0.25, -0.2) is 8.42 Å². The Labute approximate surface area is 171 Å². The molecule has 2 rings (SSSR count). The van der Waals surface area contributed by atoms with E-state index in [-0.39, 0.29) is 28.9 Å². The fourth-order valence-corrected chi connectivity index (χ4v) is 4.75. The highest BCUT2D eigenvalue weighted by Crippen LogP contribution is 2.30. The standard InChI is InChI=1S/C20H26ClN3O3S/c1-3-5-13-22-15-20(25)23-16-11-12-18(21)19(14-16)28(26,27)24(4-2)17-9-7-6-8-10-17/h6-12,14,22H,3-5,13,15H2,1-2H3,(H,23,25)/p+1. The average Bonchev–Trinajstić information content (AvgIpc) is 2.68. The SMILES string of the molecule is CCCC[NH2+]CC(=O)Nc1ccc(Cl)c(S(=O)(=O)N(CC)c2ccccc2)c1. The van der Waals surface area contributed by atoms with Gasteiger partial charge in [-0.3, -0.25) is 9.10 Å². The predicted octanol–water partition coefficient (Wildman–Crippen LogP) is 2.86. The fourth-order valence-electron chi connectivity index (χ4n) is 2.78. The summed E-state index contributed by atoms with van der Waals surface area (Å²) in [4.78, 5) is 12.1. The van der Waals surface area contributed by atoms with E-state index in [1.54, 1.807) is 37.3 Å². The van der Waals surface area contributed by atoms with Crippen molar-refractivity contribution in [1.82, 2.24) is 0 Å². The van der Waals surface area contributed by atoms with Gasteiger partial charge in [0.25, 0.3) is 15.9 Å². The summed E-state index contributed by atoms with van der Waals surface area (Å²) in [5.74, 6) is -0.183. The van der Waals surface area contributed by atoms with E-state index in [4.69, 9.17) is 11.6 Å². The average molecular weight is 425 g/mol. The van der Waals surface area contributed by atoms with Gasteiger partial charge in [-0.05, 0) is 43.7 Å². The van der Waals surface area contributed by atoms with Crippen LogP contribution in [-0.4, -0.2) is 34.0 Å². The maximum Gasteiger partial charge on any atom is 0.279 e. The van der Waals surface area contributed by atoms with Crippen LogP contribution in [0.5, 0.6) is 0 Å². The zero-order valence-electron chi connectivity index (χ0n) is 16.2. The number of para-hydroxylation sites is 1. The molecule has 152 valence electrons. The van der Waals surface area contributed by atoms with E-state index < -0.39 is 10.0 Å². The molecule has 0 spiro atoms. The molecule has 0 saturated carbocycles. The molecule has 0 aromatic heterocycles. The summed E-state index contributed by atoms with van der Waals surface area (Å²) in [6, 6.07) is 13.3. The molecule has 0 bridgehead atoms. The van der Waals surface area contributed by atoms with Gasteiger partial charge in [0, 0.05) is 12.2 Å². The molecule has 0 aliphatic rings. The summed E-state index contributed by atoms with van der Waals surface area (Å²) in [7, 11) is -3.88. The maximum atomic E-state index is 13.2. The Morgan fingerprint density at radius 2 is 1.86 bits per heavy atom. The molecule has 2 aromatic carbocycles. The summed E-state index contributed by atoms with van der Waals surface area (Å²) in [5, 5.41) is 4.79. The van der Waals surface area contributed by atoms with Gasteiger partial charge in [-0.2, -0.15) is 0 Å². The van der Waals surface area contributed by atoms with Gasteiger partial charge in [-0.1, -0.05) is 43.1 Å². The van der Waals surface area contributed by atoms with Crippen molar-refractivity contribution in [2.75, 3.05) is 29.3 Å². The van der Waals surface area contributed by atoms with Gasteiger partial charge < -0.3 is 10.6 Å². The van der Waals surface area contributed by atoms with Crippen molar-refractivity contribution in [3.8, 4) is 0 Å². The number of quaternary nitrogens is 1. The number of halogens is 1. The molecule has 2 aromatic rings. The molecule has 0 atom stereocenters. The molecule has 0 unspecified atom stereocenters. The molecule has 0 aliphatic carbocycles. The first-order valence-corrected chi connectivity index (χ1v) is 11.2. The number of carbonyl (C=O) groups excluding carboxylic acids is 1. The first-order chi connectivity index (χ1) is 13.4. The number of nitrogens with one attached hydrogen (secondary N) is 1. The monoisotopic (exact) mass is 424 g/mol. The van der Waals surface area contributed by atoms with Crippen molar-refractivity contribution in [1.29, 1.82) is 0 Å². The molecule has 0 saturated heterocycles. The Morgan fingerprint density at radius 1 is 1.14 bits per heavy atom. The zero-order chi connectivity index (χ0) is 20.6. The molecule has 28 heavy (non-hydrogen) atoms. The minimum atomic E-state index is -3.88. The summed E-state index contributed by atoms with van der Waals surface area (Å²) < 4.78 is 27.7. The maximum absolute atomic E-state index is 13.2. The normalized spacial score (nSPS) is 11.2. The lowest BCUT2D eigenvalue weighted by Crippen LogP contribution is -2.86. The number of amides is 1. The van der Waals surface area contributed by atoms with Crippen LogP contribution in [0.4, 0.5) is 11.4 Å². The van der Waals surface area contributed by atoms with Crippen molar-refractivity contribution in [2.24, 2.45) is 0 Å². The van der Waals surface area contributed by atoms with Crippen molar-refractivity contribution in [3.05, 3.63) is 53.6 Å². The number of anilines is 2. The van der Waals surface area contributed by atoms with Crippen LogP contribution in [0.15, 0.2) is 53.4 Å². The molecular weight excluding hydrogens is 398 g/mol. The van der Waals surface area contributed by atoms with E-state index in [9.17, 15) is 13.2 Å². The third kappa shape index (κ3) is 5.70. The molecule has 0 heterocycles. The molecule has 0 fully saturated rings. The largest absolute Gasteiger partial charge is 0.338 e. The second-order valence-corrected chi connectivity index (χ2v) is 8.57. The molecule has 0 aliphatic heterocycles. The Kier molecular flexibility index (Phi) is 8.29. The summed E-state index contributed by atoms with van der Waals surface area (Å²) in [6.07, 6.45) is 2.12. The Balaban J connectivity index is 2.23. The quantitative estimate of drug-likeness (QED) is 0.575. The van der Waals surface area contributed by atoms with Crippen LogP contribution in [0.2, 0.25) is 5.02 Å². The number of carbonyl (C=O) groups is 1. The van der Waals surface area contributed by atoms with Gasteiger partial charge in [0.15, 0.2) is 6.54 Å². The smallest absolute Gasteiger partial charge is 0.279 e. The van der Waals surface area contributed by atoms with Crippen LogP contribution >= 0.6 is 11.6 Å². The van der Waals surface area contributed by atoms with E-state index in [0.717, 1.165) is 19.4 Å². The fraction of sp³-hybridized carbons (Fsp3) is 0.350. The summed E-state index contributed by atoms with van der Waals surface area (Å²) >= 11 is 6.20. The van der Waals surface area contributed by atoms with E-state index >= 15 is 0 Å². The zero-order valence-corrected chi connectivity index (χ0v) is 17.8. The number of nitrogens with two attached hydrogens (primary N) is 1. The number of sulfonamides is 1. The van der Waals surface area contributed by atoms with Crippen LogP contribution < -0.4 is 14.9 Å². The van der Waals surface area contributed by atoms with Crippen molar-refractivity contribution < 1.29 is 18.5 Å². The number of unbranched alkanes of at least 4 members (excludes halogenated alkanes) is 1. The van der Waals surface area contributed by atoms with Crippen molar-refractivity contribution >= 4 is 38.9 Å². The lowest BCUT2D eigenvalue weighted by molar-refractivity contribution is -0.643. The summed E-state index contributed by atoms with van der Waals surface area (Å²) in [6.45, 7) is 5.28. The number of nitrogens with zero attached hydrogens (tertiary/aromatic N) is 1. The van der Waals surface area contributed by atoms with Crippen LogP contribution in [0, 0.1) is 0 Å². The minimum absolute atomic E-state index is 0.0346. The Morgan fingerprint density at radius 3 is 2.50 bits per heavy atom. The van der Waals surface area contributed by atoms with Gasteiger partial charge >= 0.3 is 0 Å². The molecule has 8 heteroatoms. The Bertz CT molecular complexity index is 889. The van der Waals surface area contributed by atoms with Gasteiger partial charge in [-0.15, -0.1) is 0 Å². The first kappa shape index (κ1) is 22.2. The molecule has 3 N–H and O–H groups in total. The topological polar surface area (TPSA) is 83.1 Å². The van der Waals surface area contributed by atoms with Crippen LogP contribution in [-0.2, 0) is 14.8 Å². The van der Waals surface area contributed by atoms with E-state index in [1.165, 1.54) is 16.4 Å². The van der Waals surface area contributed by atoms with E-state index in [0.29, 0.717) is 11.4 Å². The molecular formula is C20H27ClN3O3S+. The van der Waals surface area contributed by atoms with Gasteiger partial charge in [0.1, 0.15) is 4.90 Å². The third-order valence-corrected chi connectivity index (χ3v) is 6.59. The van der Waals surface area contributed by atoms with Crippen LogP contribution in [0.1, 0.15) is 26.7 Å². The van der Waals surface area contributed by atoms with Gasteiger partial charge in [0.05, 0.1) is 17.3 Å². The van der Waals surface area contributed by atoms with Crippen LogP contribution in [0.25, 0.3) is 0 Å². The number of benzene rings is 2. The van der Waals surface area contributed by atoms with Gasteiger partial charge in [0.2, 0.25) is 0 Å². The third-order valence-electron chi connectivity index (χ3n) is 4.21. The Hall–Kier alpha value is -2.09. The van der Waals surface area contributed by atoms with Crippen molar-refractivity contribution in [3.63, 3.8) is 0 Å². The van der Waals surface area contributed by atoms with E-state index in [2.05, 4.69) is 12.2 Å². The molecule has 1 amide bonds. The molecule has 6 nitrogen and oxygen atoms in total. The van der Waals surface area contributed by atoms with Crippen molar-refractivity contribution in [2.45, 2.75) is 31.6 Å².